The molecule has 0 spiro atoms. The molecule has 2 heterocycles. The highest BCUT2D eigenvalue weighted by molar-refractivity contribution is 5.92. The van der Waals surface area contributed by atoms with E-state index in [4.69, 9.17) is 9.47 Å². The quantitative estimate of drug-likeness (QED) is 0.406. The van der Waals surface area contributed by atoms with Crippen LogP contribution < -0.4 is 14.9 Å². The molecule has 0 atom stereocenters. The van der Waals surface area contributed by atoms with Crippen LogP contribution in [-0.2, 0) is 0 Å². The van der Waals surface area contributed by atoms with E-state index in [1.54, 1.807) is 13.0 Å². The number of hydrogen-bond donors (Lipinski definition) is 0. The zero-order valence-corrected chi connectivity index (χ0v) is 13.9. The number of benzene rings is 2. The smallest absolute Gasteiger partial charge is 0.271 e. The molecule has 1 aliphatic rings. The van der Waals surface area contributed by atoms with Crippen LogP contribution in [0.5, 0.6) is 17.2 Å². The van der Waals surface area contributed by atoms with Gasteiger partial charge in [-0.1, -0.05) is 0 Å². The second-order valence-corrected chi connectivity index (χ2v) is 5.71. The van der Waals surface area contributed by atoms with Crippen LogP contribution >= 0.6 is 0 Å². The Morgan fingerprint density at radius 3 is 2.85 bits per heavy atom. The maximum Gasteiger partial charge on any atom is 0.271 e. The fourth-order valence-corrected chi connectivity index (χ4v) is 3.06. The fourth-order valence-electron chi connectivity index (χ4n) is 3.06. The average Bonchev–Trinajstić information content (AvgIpc) is 2.66. The minimum atomic E-state index is -0.802. The molecule has 27 heavy (non-hydrogen) atoms. The Morgan fingerprint density at radius 1 is 1.41 bits per heavy atom. The molecule has 1 aliphatic heterocycles. The summed E-state index contributed by atoms with van der Waals surface area (Å²) in [5.41, 5.74) is -0.650. The van der Waals surface area contributed by atoms with Gasteiger partial charge in [0.1, 0.15) is 17.1 Å². The van der Waals surface area contributed by atoms with Crippen molar-refractivity contribution in [1.82, 2.24) is 4.57 Å². The van der Waals surface area contributed by atoms with E-state index in [2.05, 4.69) is 0 Å². The van der Waals surface area contributed by atoms with E-state index >= 15 is 0 Å². The first-order valence-electron chi connectivity index (χ1n) is 7.87. The summed E-state index contributed by atoms with van der Waals surface area (Å²) in [6, 6.07) is 6.62. The van der Waals surface area contributed by atoms with Crippen molar-refractivity contribution in [1.29, 1.82) is 5.26 Å². The summed E-state index contributed by atoms with van der Waals surface area (Å²) < 4.78 is 27.0. The van der Waals surface area contributed by atoms with Crippen molar-refractivity contribution >= 4 is 16.6 Å². The number of hydrogen-bond acceptors (Lipinski definition) is 6. The molecule has 0 bridgehead atoms. The molecule has 0 radical (unpaired) electrons. The van der Waals surface area contributed by atoms with Gasteiger partial charge in [-0.3, -0.25) is 14.9 Å². The number of aromatic nitrogens is 1. The predicted octanol–water partition coefficient (Wildman–Crippen LogP) is 3.41. The first kappa shape index (κ1) is 16.5. The molecule has 134 valence electrons. The van der Waals surface area contributed by atoms with Gasteiger partial charge in [-0.15, -0.1) is 0 Å². The van der Waals surface area contributed by atoms with Gasteiger partial charge < -0.3 is 14.0 Å². The minimum Gasteiger partial charge on any atom is -0.487 e. The Balaban J connectivity index is 2.19. The van der Waals surface area contributed by atoms with Gasteiger partial charge in [0, 0.05) is 18.3 Å². The zero-order chi connectivity index (χ0) is 19.3. The number of nitro benzene ring substituents is 1. The number of halogens is 1. The summed E-state index contributed by atoms with van der Waals surface area (Å²) in [6.07, 6.45) is 1.26. The molecular weight excluding hydrogens is 357 g/mol. The lowest BCUT2D eigenvalue weighted by Gasteiger charge is -2.25. The van der Waals surface area contributed by atoms with Gasteiger partial charge in [0.05, 0.1) is 22.6 Å². The van der Waals surface area contributed by atoms with Gasteiger partial charge in [-0.05, 0) is 19.1 Å². The van der Waals surface area contributed by atoms with Crippen molar-refractivity contribution in [3.8, 4) is 29.0 Å². The largest absolute Gasteiger partial charge is 0.487 e. The molecular formula is C18H10FN3O5. The van der Waals surface area contributed by atoms with Gasteiger partial charge in [0.2, 0.25) is 5.43 Å². The molecule has 0 fully saturated rings. The second-order valence-electron chi connectivity index (χ2n) is 5.71. The highest BCUT2D eigenvalue weighted by Gasteiger charge is 2.29. The summed E-state index contributed by atoms with van der Waals surface area (Å²) in [7, 11) is 0. The van der Waals surface area contributed by atoms with Crippen LogP contribution in [0.3, 0.4) is 0 Å². The SMILES string of the molecule is CCOc1c(F)cc2c(=O)c(C#N)cn3c2c1Oc1ccc([N+](=O)[O-])cc1-3. The molecule has 2 aromatic carbocycles. The van der Waals surface area contributed by atoms with Gasteiger partial charge in [0.25, 0.3) is 5.69 Å². The van der Waals surface area contributed by atoms with Gasteiger partial charge in [-0.25, -0.2) is 4.39 Å². The van der Waals surface area contributed by atoms with Gasteiger partial charge >= 0.3 is 0 Å². The topological polar surface area (TPSA) is 107 Å². The van der Waals surface area contributed by atoms with Gasteiger partial charge in [0.15, 0.2) is 23.1 Å². The van der Waals surface area contributed by atoms with Crippen molar-refractivity contribution in [3.05, 3.63) is 62.2 Å². The minimum absolute atomic E-state index is 0.0187. The van der Waals surface area contributed by atoms with E-state index in [0.29, 0.717) is 0 Å². The number of rotatable bonds is 3. The Hall–Kier alpha value is -3.93. The standard InChI is InChI=1S/C18H10FN3O5/c1-2-26-17-12(19)6-11-15-18(17)27-14-4-3-10(22(24)25)5-13(14)21(15)8-9(7-20)16(11)23/h3-6,8H,2H2,1H3. The predicted molar refractivity (Wildman–Crippen MR) is 92.1 cm³/mol. The highest BCUT2D eigenvalue weighted by Crippen LogP contribution is 2.46. The molecule has 8 nitrogen and oxygen atoms in total. The van der Waals surface area contributed by atoms with Crippen LogP contribution in [0.15, 0.2) is 35.3 Å². The van der Waals surface area contributed by atoms with E-state index in [-0.39, 0.29) is 51.7 Å². The van der Waals surface area contributed by atoms with Crippen molar-refractivity contribution in [2.24, 2.45) is 0 Å². The van der Waals surface area contributed by atoms with Crippen molar-refractivity contribution < 1.29 is 18.8 Å². The third-order valence-corrected chi connectivity index (χ3v) is 4.19. The first-order valence-corrected chi connectivity index (χ1v) is 7.87. The number of fused-ring (bicyclic) bond motifs is 2. The third-order valence-electron chi connectivity index (χ3n) is 4.19. The molecule has 1 aromatic heterocycles. The van der Waals surface area contributed by atoms with Crippen molar-refractivity contribution in [2.45, 2.75) is 6.92 Å². The number of nitrogens with zero attached hydrogens (tertiary/aromatic N) is 3. The Kier molecular flexibility index (Phi) is 3.56. The lowest BCUT2D eigenvalue weighted by atomic mass is 10.1. The molecule has 0 saturated heterocycles. The first-order chi connectivity index (χ1) is 13.0. The summed E-state index contributed by atoms with van der Waals surface area (Å²) in [5, 5.41) is 20.3. The van der Waals surface area contributed by atoms with E-state index in [1.165, 1.54) is 29.0 Å². The maximum atomic E-state index is 14.5. The van der Waals surface area contributed by atoms with Crippen molar-refractivity contribution in [3.63, 3.8) is 0 Å². The Morgan fingerprint density at radius 2 is 2.19 bits per heavy atom. The normalized spacial score (nSPS) is 11.4. The zero-order valence-electron chi connectivity index (χ0n) is 13.9. The monoisotopic (exact) mass is 367 g/mol. The lowest BCUT2D eigenvalue weighted by Crippen LogP contribution is -2.17. The third kappa shape index (κ3) is 2.31. The molecule has 4 rings (SSSR count). The highest BCUT2D eigenvalue weighted by atomic mass is 19.1. The summed E-state index contributed by atoms with van der Waals surface area (Å²) in [6.45, 7) is 1.83. The second kappa shape index (κ2) is 5.81. The van der Waals surface area contributed by atoms with E-state index in [9.17, 15) is 24.6 Å². The molecule has 0 amide bonds. The summed E-state index contributed by atoms with van der Waals surface area (Å²) in [5.74, 6) is -0.793. The van der Waals surface area contributed by atoms with Crippen LogP contribution in [0.4, 0.5) is 10.1 Å². The van der Waals surface area contributed by atoms with E-state index in [0.717, 1.165) is 6.07 Å². The maximum absolute atomic E-state index is 14.5. The number of pyridine rings is 1. The summed E-state index contributed by atoms with van der Waals surface area (Å²) in [4.78, 5) is 23.1. The average molecular weight is 367 g/mol. The Labute approximate surface area is 150 Å². The van der Waals surface area contributed by atoms with Crippen LogP contribution in [0.2, 0.25) is 0 Å². The van der Waals surface area contributed by atoms with Crippen LogP contribution in [0, 0.1) is 27.3 Å². The molecule has 0 saturated carbocycles. The van der Waals surface area contributed by atoms with Crippen LogP contribution in [-0.4, -0.2) is 16.1 Å². The molecule has 0 N–H and O–H groups in total. The summed E-state index contributed by atoms with van der Waals surface area (Å²) >= 11 is 0. The number of nitro groups is 1. The van der Waals surface area contributed by atoms with E-state index < -0.39 is 16.2 Å². The van der Waals surface area contributed by atoms with Crippen LogP contribution in [0.1, 0.15) is 12.5 Å². The van der Waals surface area contributed by atoms with E-state index in [1.807, 2.05) is 0 Å². The fraction of sp³-hybridized carbons (Fsp3) is 0.111. The van der Waals surface area contributed by atoms with Crippen LogP contribution in [0.25, 0.3) is 16.6 Å². The molecule has 3 aromatic rings. The Bertz CT molecular complexity index is 1240. The lowest BCUT2D eigenvalue weighted by molar-refractivity contribution is -0.384. The van der Waals surface area contributed by atoms with Gasteiger partial charge in [-0.2, -0.15) is 5.26 Å². The molecule has 9 heteroatoms. The van der Waals surface area contributed by atoms with Crippen molar-refractivity contribution in [2.75, 3.05) is 6.61 Å². The number of ether oxygens (including phenoxy) is 2. The number of nitriles is 1. The molecule has 0 unspecified atom stereocenters. The molecule has 0 aliphatic carbocycles. The number of non-ortho nitro benzene ring substituents is 1.